The number of carbonyl (C=O) groups excluding carboxylic acids is 1. The van der Waals surface area contributed by atoms with E-state index in [1.54, 1.807) is 0 Å². The lowest BCUT2D eigenvalue weighted by molar-refractivity contribution is 0.0737. The molecule has 4 aromatic rings. The predicted molar refractivity (Wildman–Crippen MR) is 144 cm³/mol. The van der Waals surface area contributed by atoms with Gasteiger partial charge in [0.2, 0.25) is 0 Å². The number of anilines is 1. The maximum atomic E-state index is 13.7. The molecule has 1 fully saturated rings. The van der Waals surface area contributed by atoms with Crippen LogP contribution in [-0.4, -0.2) is 68.0 Å². The first-order valence-electron chi connectivity index (χ1n) is 13.2. The number of rotatable bonds is 6. The van der Waals surface area contributed by atoms with Crippen molar-refractivity contribution >= 4 is 11.6 Å². The number of benzene rings is 2. The second kappa shape index (κ2) is 10.2. The number of fused-ring (bicyclic) bond motifs is 1. The number of aryl methyl sites for hydroxylation is 1. The Morgan fingerprint density at radius 1 is 0.892 bits per heavy atom. The SMILES string of the molecule is CCn1nc(C(=O)N2CCN(c3ccccc3)CC2)c2c1CCN(Cc1cnn(-c3ccccc3)c1)C2. The minimum Gasteiger partial charge on any atom is -0.368 e. The van der Waals surface area contributed by atoms with Crippen LogP contribution < -0.4 is 4.90 Å². The molecule has 0 saturated carbocycles. The highest BCUT2D eigenvalue weighted by atomic mass is 16.2. The Bertz CT molecular complexity index is 1350. The Hall–Kier alpha value is -3.91. The van der Waals surface area contributed by atoms with Gasteiger partial charge in [-0.15, -0.1) is 0 Å². The standard InChI is InChI=1S/C29H33N7O/c1-2-35-27-13-14-32(20-23-19-30-36(21-23)25-11-7-4-8-12-25)22-26(27)28(31-35)29(37)34-17-15-33(16-18-34)24-9-5-3-6-10-24/h3-12,19,21H,2,13-18,20,22H2,1H3. The molecule has 2 aliphatic rings. The summed E-state index contributed by atoms with van der Waals surface area (Å²) in [6.07, 6.45) is 4.94. The van der Waals surface area contributed by atoms with Gasteiger partial charge in [0.05, 0.1) is 11.9 Å². The molecule has 2 aromatic heterocycles. The van der Waals surface area contributed by atoms with Gasteiger partial charge in [0, 0.05) is 87.5 Å². The van der Waals surface area contributed by atoms with Crippen LogP contribution in [0.2, 0.25) is 0 Å². The van der Waals surface area contributed by atoms with Crippen LogP contribution >= 0.6 is 0 Å². The summed E-state index contributed by atoms with van der Waals surface area (Å²) in [5.74, 6) is 0.0647. The molecule has 0 atom stereocenters. The summed E-state index contributed by atoms with van der Waals surface area (Å²) < 4.78 is 3.96. The largest absolute Gasteiger partial charge is 0.368 e. The highest BCUT2D eigenvalue weighted by Crippen LogP contribution is 2.26. The van der Waals surface area contributed by atoms with E-state index < -0.39 is 0 Å². The number of piperazine rings is 1. The molecule has 190 valence electrons. The zero-order valence-electron chi connectivity index (χ0n) is 21.3. The summed E-state index contributed by atoms with van der Waals surface area (Å²) >= 11 is 0. The van der Waals surface area contributed by atoms with Crippen LogP contribution in [0.1, 0.15) is 34.2 Å². The smallest absolute Gasteiger partial charge is 0.274 e. The fourth-order valence-electron chi connectivity index (χ4n) is 5.49. The van der Waals surface area contributed by atoms with Gasteiger partial charge >= 0.3 is 0 Å². The molecule has 37 heavy (non-hydrogen) atoms. The molecule has 2 aromatic carbocycles. The molecule has 1 amide bonds. The Morgan fingerprint density at radius 3 is 2.30 bits per heavy atom. The Kier molecular flexibility index (Phi) is 6.49. The van der Waals surface area contributed by atoms with E-state index in [2.05, 4.69) is 64.4 Å². The maximum absolute atomic E-state index is 13.7. The quantitative estimate of drug-likeness (QED) is 0.409. The van der Waals surface area contributed by atoms with Crippen LogP contribution in [-0.2, 0) is 26.1 Å². The third kappa shape index (κ3) is 4.76. The second-order valence-electron chi connectivity index (χ2n) is 9.79. The monoisotopic (exact) mass is 495 g/mol. The van der Waals surface area contributed by atoms with Crippen LogP contribution in [0, 0.1) is 0 Å². The molecule has 0 spiro atoms. The fourth-order valence-corrected chi connectivity index (χ4v) is 5.49. The molecular formula is C29H33N7O. The van der Waals surface area contributed by atoms with Gasteiger partial charge in [-0.2, -0.15) is 10.2 Å². The van der Waals surface area contributed by atoms with Gasteiger partial charge in [-0.1, -0.05) is 36.4 Å². The van der Waals surface area contributed by atoms with Crippen molar-refractivity contribution < 1.29 is 4.79 Å². The van der Waals surface area contributed by atoms with E-state index in [-0.39, 0.29) is 5.91 Å². The molecule has 4 heterocycles. The third-order valence-corrected chi connectivity index (χ3v) is 7.47. The van der Waals surface area contributed by atoms with Crippen LogP contribution in [0.3, 0.4) is 0 Å². The lowest BCUT2D eigenvalue weighted by atomic mass is 10.0. The summed E-state index contributed by atoms with van der Waals surface area (Å²) in [6, 6.07) is 20.6. The van der Waals surface area contributed by atoms with Crippen molar-refractivity contribution in [1.29, 1.82) is 0 Å². The van der Waals surface area contributed by atoms with E-state index in [1.807, 2.05) is 44.7 Å². The minimum absolute atomic E-state index is 0.0647. The number of hydrogen-bond donors (Lipinski definition) is 0. The van der Waals surface area contributed by atoms with Crippen molar-refractivity contribution in [3.05, 3.63) is 95.6 Å². The van der Waals surface area contributed by atoms with E-state index in [1.165, 1.54) is 16.9 Å². The van der Waals surface area contributed by atoms with Crippen LogP contribution in [0.5, 0.6) is 0 Å². The van der Waals surface area contributed by atoms with Crippen molar-refractivity contribution in [1.82, 2.24) is 29.4 Å². The Morgan fingerprint density at radius 2 is 1.59 bits per heavy atom. The molecule has 0 aliphatic carbocycles. The van der Waals surface area contributed by atoms with Gasteiger partial charge in [0.15, 0.2) is 5.69 Å². The lowest BCUT2D eigenvalue weighted by Crippen LogP contribution is -2.49. The van der Waals surface area contributed by atoms with Crippen molar-refractivity contribution in [2.24, 2.45) is 0 Å². The number of aromatic nitrogens is 4. The Labute approximate surface area is 217 Å². The molecule has 0 radical (unpaired) electrons. The number of amides is 1. The molecule has 2 aliphatic heterocycles. The van der Waals surface area contributed by atoms with Gasteiger partial charge < -0.3 is 9.80 Å². The van der Waals surface area contributed by atoms with Crippen LogP contribution in [0.15, 0.2) is 73.1 Å². The summed E-state index contributed by atoms with van der Waals surface area (Å²) in [4.78, 5) is 20.4. The van der Waals surface area contributed by atoms with Gasteiger partial charge in [-0.25, -0.2) is 4.68 Å². The van der Waals surface area contributed by atoms with Crippen molar-refractivity contribution in [3.8, 4) is 5.69 Å². The first-order valence-corrected chi connectivity index (χ1v) is 13.2. The van der Waals surface area contributed by atoms with Gasteiger partial charge in [-0.3, -0.25) is 14.4 Å². The number of carbonyl (C=O) groups is 1. The van der Waals surface area contributed by atoms with E-state index in [4.69, 9.17) is 5.10 Å². The van der Waals surface area contributed by atoms with Gasteiger partial charge in [0.1, 0.15) is 0 Å². The van der Waals surface area contributed by atoms with Crippen LogP contribution in [0.4, 0.5) is 5.69 Å². The molecule has 1 saturated heterocycles. The fraction of sp³-hybridized carbons (Fsp3) is 0.345. The summed E-state index contributed by atoms with van der Waals surface area (Å²) in [7, 11) is 0. The van der Waals surface area contributed by atoms with Crippen molar-refractivity contribution in [2.45, 2.75) is 33.0 Å². The van der Waals surface area contributed by atoms with E-state index in [0.29, 0.717) is 18.8 Å². The lowest BCUT2D eigenvalue weighted by Gasteiger charge is -2.36. The first-order chi connectivity index (χ1) is 18.2. The molecule has 0 unspecified atom stereocenters. The molecule has 6 rings (SSSR count). The Balaban J connectivity index is 1.16. The van der Waals surface area contributed by atoms with Crippen LogP contribution in [0.25, 0.3) is 5.69 Å². The summed E-state index contributed by atoms with van der Waals surface area (Å²) in [5, 5.41) is 9.37. The predicted octanol–water partition coefficient (Wildman–Crippen LogP) is 3.61. The minimum atomic E-state index is 0.0647. The third-order valence-electron chi connectivity index (χ3n) is 7.47. The number of hydrogen-bond acceptors (Lipinski definition) is 5. The molecule has 0 N–H and O–H groups in total. The molecular weight excluding hydrogens is 462 g/mol. The molecule has 8 nitrogen and oxygen atoms in total. The number of nitrogens with zero attached hydrogens (tertiary/aromatic N) is 7. The van der Waals surface area contributed by atoms with E-state index in [0.717, 1.165) is 56.9 Å². The van der Waals surface area contributed by atoms with E-state index in [9.17, 15) is 4.79 Å². The average Bonchev–Trinajstić information content (AvgIpc) is 3.58. The highest BCUT2D eigenvalue weighted by Gasteiger charge is 2.31. The average molecular weight is 496 g/mol. The summed E-state index contributed by atoms with van der Waals surface area (Å²) in [6.45, 7) is 8.45. The van der Waals surface area contributed by atoms with Crippen molar-refractivity contribution in [3.63, 3.8) is 0 Å². The van der Waals surface area contributed by atoms with Gasteiger partial charge in [0.25, 0.3) is 5.91 Å². The topological polar surface area (TPSA) is 62.4 Å². The second-order valence-corrected chi connectivity index (χ2v) is 9.79. The maximum Gasteiger partial charge on any atom is 0.274 e. The highest BCUT2D eigenvalue weighted by molar-refractivity contribution is 5.94. The normalized spacial score (nSPS) is 16.1. The van der Waals surface area contributed by atoms with Gasteiger partial charge in [-0.05, 0) is 31.2 Å². The molecule has 0 bridgehead atoms. The van der Waals surface area contributed by atoms with E-state index >= 15 is 0 Å². The first kappa shape index (κ1) is 23.5. The summed E-state index contributed by atoms with van der Waals surface area (Å²) in [5.41, 5.74) is 6.38. The zero-order chi connectivity index (χ0) is 25.2. The number of para-hydroxylation sites is 2. The van der Waals surface area contributed by atoms with Crippen molar-refractivity contribution in [2.75, 3.05) is 37.6 Å². The molecule has 8 heteroatoms. The zero-order valence-corrected chi connectivity index (χ0v) is 21.3.